The Balaban J connectivity index is 2.19. The maximum atomic E-state index is 10.8. The molecule has 0 radical (unpaired) electrons. The number of aliphatic carboxylic acids is 1. The first-order chi connectivity index (χ1) is 9.08. The summed E-state index contributed by atoms with van der Waals surface area (Å²) in [5, 5.41) is 8.91. The summed E-state index contributed by atoms with van der Waals surface area (Å²) in [6.07, 6.45) is 0.573. The second-order valence-corrected chi connectivity index (χ2v) is 4.96. The highest BCUT2D eigenvalue weighted by Crippen LogP contribution is 2.23. The molecule has 1 atom stereocenters. The summed E-state index contributed by atoms with van der Waals surface area (Å²) in [4.78, 5) is 10.8. The average molecular weight is 254 g/mol. The van der Waals surface area contributed by atoms with E-state index in [1.54, 1.807) is 6.92 Å². The number of carbonyl (C=O) groups is 1. The number of carboxylic acids is 1. The molecule has 2 rings (SSSR count). The van der Waals surface area contributed by atoms with Crippen LogP contribution in [0, 0.1) is 12.8 Å². The van der Waals surface area contributed by atoms with Crippen LogP contribution in [0.3, 0.4) is 0 Å². The van der Waals surface area contributed by atoms with Gasteiger partial charge < -0.3 is 5.11 Å². The second kappa shape index (κ2) is 5.70. The Labute approximate surface area is 113 Å². The molecule has 2 aromatic rings. The van der Waals surface area contributed by atoms with Gasteiger partial charge in [-0.3, -0.25) is 4.79 Å². The third-order valence-corrected chi connectivity index (χ3v) is 3.37. The van der Waals surface area contributed by atoms with Gasteiger partial charge in [-0.2, -0.15) is 0 Å². The van der Waals surface area contributed by atoms with Crippen LogP contribution in [-0.4, -0.2) is 11.1 Å². The zero-order valence-corrected chi connectivity index (χ0v) is 11.3. The maximum absolute atomic E-state index is 10.8. The Morgan fingerprint density at radius 2 is 1.74 bits per heavy atom. The zero-order valence-electron chi connectivity index (χ0n) is 11.3. The van der Waals surface area contributed by atoms with Crippen molar-refractivity contribution in [1.29, 1.82) is 0 Å². The van der Waals surface area contributed by atoms with Crippen molar-refractivity contribution in [3.05, 3.63) is 59.7 Å². The van der Waals surface area contributed by atoms with Gasteiger partial charge in [-0.25, -0.2) is 0 Å². The van der Waals surface area contributed by atoms with E-state index in [-0.39, 0.29) is 5.92 Å². The minimum absolute atomic E-state index is 0.343. The summed E-state index contributed by atoms with van der Waals surface area (Å²) in [6, 6.07) is 16.4. The molecule has 1 N–H and O–H groups in total. The van der Waals surface area contributed by atoms with Crippen LogP contribution in [0.1, 0.15) is 18.1 Å². The van der Waals surface area contributed by atoms with Gasteiger partial charge in [-0.15, -0.1) is 0 Å². The monoisotopic (exact) mass is 254 g/mol. The van der Waals surface area contributed by atoms with E-state index in [0.29, 0.717) is 6.42 Å². The fourth-order valence-electron chi connectivity index (χ4n) is 2.16. The standard InChI is InChI=1S/C17H18O2/c1-12-5-3-4-6-16(12)15-9-7-14(8-10-15)11-13(2)17(18)19/h3-10,13H,11H2,1-2H3,(H,18,19). The summed E-state index contributed by atoms with van der Waals surface area (Å²) in [5.41, 5.74) is 4.70. The van der Waals surface area contributed by atoms with E-state index in [2.05, 4.69) is 31.2 Å². The van der Waals surface area contributed by atoms with Gasteiger partial charge >= 0.3 is 5.97 Å². The Morgan fingerprint density at radius 1 is 1.11 bits per heavy atom. The van der Waals surface area contributed by atoms with Gasteiger partial charge in [0.1, 0.15) is 0 Å². The topological polar surface area (TPSA) is 37.3 Å². The molecule has 98 valence electrons. The molecule has 0 aliphatic heterocycles. The molecule has 0 bridgehead atoms. The molecular formula is C17H18O2. The largest absolute Gasteiger partial charge is 0.481 e. The van der Waals surface area contributed by atoms with E-state index in [0.717, 1.165) is 5.56 Å². The lowest BCUT2D eigenvalue weighted by molar-refractivity contribution is -0.141. The van der Waals surface area contributed by atoms with Gasteiger partial charge in [0.05, 0.1) is 5.92 Å². The van der Waals surface area contributed by atoms with Gasteiger partial charge in [-0.05, 0) is 35.6 Å². The number of hydrogen-bond donors (Lipinski definition) is 1. The zero-order chi connectivity index (χ0) is 13.8. The molecule has 0 heterocycles. The SMILES string of the molecule is Cc1ccccc1-c1ccc(CC(C)C(=O)O)cc1. The molecule has 1 unspecified atom stereocenters. The number of carboxylic acid groups (broad SMARTS) is 1. The molecule has 0 spiro atoms. The molecule has 0 aromatic heterocycles. The van der Waals surface area contributed by atoms with Crippen LogP contribution >= 0.6 is 0 Å². The average Bonchev–Trinajstić information content (AvgIpc) is 2.40. The normalized spacial score (nSPS) is 12.1. The van der Waals surface area contributed by atoms with E-state index in [4.69, 9.17) is 5.11 Å². The third-order valence-electron chi connectivity index (χ3n) is 3.37. The van der Waals surface area contributed by atoms with E-state index < -0.39 is 5.97 Å². The fourth-order valence-corrected chi connectivity index (χ4v) is 2.16. The molecule has 2 nitrogen and oxygen atoms in total. The molecule has 2 heteroatoms. The summed E-state index contributed by atoms with van der Waals surface area (Å²) < 4.78 is 0. The van der Waals surface area contributed by atoms with Crippen molar-refractivity contribution in [2.24, 2.45) is 5.92 Å². The van der Waals surface area contributed by atoms with Gasteiger partial charge in [0.25, 0.3) is 0 Å². The van der Waals surface area contributed by atoms with Gasteiger partial charge in [-0.1, -0.05) is 55.5 Å². The fraction of sp³-hybridized carbons (Fsp3) is 0.235. The lowest BCUT2D eigenvalue weighted by atomic mass is 9.96. The van der Waals surface area contributed by atoms with Crippen LogP contribution in [0.25, 0.3) is 11.1 Å². The van der Waals surface area contributed by atoms with E-state index in [9.17, 15) is 4.79 Å². The molecule has 0 fully saturated rings. The summed E-state index contributed by atoms with van der Waals surface area (Å²) in [7, 11) is 0. The number of benzene rings is 2. The highest BCUT2D eigenvalue weighted by molar-refractivity contribution is 5.70. The molecule has 0 aliphatic carbocycles. The molecule has 0 amide bonds. The Morgan fingerprint density at radius 3 is 2.32 bits per heavy atom. The first kappa shape index (κ1) is 13.3. The van der Waals surface area contributed by atoms with E-state index >= 15 is 0 Å². The van der Waals surface area contributed by atoms with Gasteiger partial charge in [0.15, 0.2) is 0 Å². The first-order valence-corrected chi connectivity index (χ1v) is 6.45. The summed E-state index contributed by atoms with van der Waals surface area (Å²) in [6.45, 7) is 3.83. The quantitative estimate of drug-likeness (QED) is 0.897. The van der Waals surface area contributed by atoms with E-state index in [1.807, 2.05) is 24.3 Å². The van der Waals surface area contributed by atoms with Crippen molar-refractivity contribution in [3.63, 3.8) is 0 Å². The summed E-state index contributed by atoms with van der Waals surface area (Å²) in [5.74, 6) is -1.09. The Hall–Kier alpha value is -2.09. The molecule has 19 heavy (non-hydrogen) atoms. The van der Waals surface area contributed by atoms with Crippen LogP contribution in [0.15, 0.2) is 48.5 Å². The predicted octanol–water partition coefficient (Wildman–Crippen LogP) is 3.93. The highest BCUT2D eigenvalue weighted by atomic mass is 16.4. The van der Waals surface area contributed by atoms with Crippen LogP contribution in [0.4, 0.5) is 0 Å². The lowest BCUT2D eigenvalue weighted by Crippen LogP contribution is -2.12. The first-order valence-electron chi connectivity index (χ1n) is 6.45. The Bertz CT molecular complexity index is 570. The van der Waals surface area contributed by atoms with Crippen molar-refractivity contribution >= 4 is 5.97 Å². The van der Waals surface area contributed by atoms with Crippen molar-refractivity contribution in [2.45, 2.75) is 20.3 Å². The van der Waals surface area contributed by atoms with Crippen molar-refractivity contribution < 1.29 is 9.90 Å². The molecule has 0 saturated heterocycles. The highest BCUT2D eigenvalue weighted by Gasteiger charge is 2.11. The van der Waals surface area contributed by atoms with Crippen LogP contribution < -0.4 is 0 Å². The second-order valence-electron chi connectivity index (χ2n) is 4.96. The number of hydrogen-bond acceptors (Lipinski definition) is 1. The van der Waals surface area contributed by atoms with Crippen LogP contribution in [0.5, 0.6) is 0 Å². The smallest absolute Gasteiger partial charge is 0.306 e. The molecule has 0 aliphatic rings. The third kappa shape index (κ3) is 3.22. The van der Waals surface area contributed by atoms with E-state index in [1.165, 1.54) is 16.7 Å². The minimum atomic E-state index is -0.747. The number of aryl methyl sites for hydroxylation is 1. The van der Waals surface area contributed by atoms with Gasteiger partial charge in [0.2, 0.25) is 0 Å². The molecular weight excluding hydrogens is 236 g/mol. The molecule has 2 aromatic carbocycles. The predicted molar refractivity (Wildman–Crippen MR) is 77.1 cm³/mol. The van der Waals surface area contributed by atoms with Gasteiger partial charge in [0, 0.05) is 0 Å². The molecule has 0 saturated carbocycles. The lowest BCUT2D eigenvalue weighted by Gasteiger charge is -2.09. The van der Waals surface area contributed by atoms with Crippen molar-refractivity contribution in [1.82, 2.24) is 0 Å². The maximum Gasteiger partial charge on any atom is 0.306 e. The van der Waals surface area contributed by atoms with Crippen LogP contribution in [-0.2, 0) is 11.2 Å². The Kier molecular flexibility index (Phi) is 4.00. The minimum Gasteiger partial charge on any atom is -0.481 e. The van der Waals surface area contributed by atoms with Crippen LogP contribution in [0.2, 0.25) is 0 Å². The van der Waals surface area contributed by atoms with Crippen molar-refractivity contribution in [2.75, 3.05) is 0 Å². The van der Waals surface area contributed by atoms with Crippen molar-refractivity contribution in [3.8, 4) is 11.1 Å². The summed E-state index contributed by atoms with van der Waals surface area (Å²) >= 11 is 0. The number of rotatable bonds is 4.